The van der Waals surface area contributed by atoms with Gasteiger partial charge in [-0.2, -0.15) is 0 Å². The maximum atomic E-state index is 12.6. The predicted octanol–water partition coefficient (Wildman–Crippen LogP) is 3.46. The highest BCUT2D eigenvalue weighted by molar-refractivity contribution is 5.97. The summed E-state index contributed by atoms with van der Waals surface area (Å²) >= 11 is 0. The van der Waals surface area contributed by atoms with Gasteiger partial charge in [-0.1, -0.05) is 68.3 Å². The van der Waals surface area contributed by atoms with E-state index >= 15 is 0 Å². The van der Waals surface area contributed by atoms with Crippen LogP contribution in [0.4, 0.5) is 0 Å². The van der Waals surface area contributed by atoms with Crippen molar-refractivity contribution < 1.29 is 9.59 Å². The lowest BCUT2D eigenvalue weighted by Crippen LogP contribution is -2.50. The molecular formula is C21H26N2O2. The third kappa shape index (κ3) is 5.45. The van der Waals surface area contributed by atoms with E-state index in [4.69, 9.17) is 0 Å². The molecule has 0 radical (unpaired) electrons. The first-order chi connectivity index (χ1) is 12.0. The zero-order valence-corrected chi connectivity index (χ0v) is 15.1. The summed E-state index contributed by atoms with van der Waals surface area (Å²) in [6, 6.07) is 16.4. The Hall–Kier alpha value is -2.62. The van der Waals surface area contributed by atoms with Crippen LogP contribution in [0.15, 0.2) is 54.6 Å². The Morgan fingerprint density at radius 1 is 1.00 bits per heavy atom. The van der Waals surface area contributed by atoms with E-state index in [1.807, 2.05) is 63.2 Å². The van der Waals surface area contributed by atoms with Gasteiger partial charge in [-0.05, 0) is 30.5 Å². The van der Waals surface area contributed by atoms with Crippen LogP contribution in [-0.4, -0.2) is 17.9 Å². The molecule has 2 aromatic rings. The number of carbonyl (C=O) groups excluding carboxylic acids is 2. The van der Waals surface area contributed by atoms with E-state index < -0.39 is 6.04 Å². The molecule has 0 spiro atoms. The fraction of sp³-hybridized carbons (Fsp3) is 0.333. The van der Waals surface area contributed by atoms with Crippen LogP contribution in [0.3, 0.4) is 0 Å². The number of benzene rings is 2. The Balaban J connectivity index is 2.01. The third-order valence-corrected chi connectivity index (χ3v) is 4.41. The molecule has 0 saturated carbocycles. The van der Waals surface area contributed by atoms with Crippen molar-refractivity contribution >= 4 is 11.8 Å². The molecule has 2 N–H and O–H groups in total. The molecule has 0 heterocycles. The van der Waals surface area contributed by atoms with Crippen molar-refractivity contribution in [2.75, 3.05) is 0 Å². The van der Waals surface area contributed by atoms with Crippen molar-refractivity contribution in [3.05, 3.63) is 71.3 Å². The van der Waals surface area contributed by atoms with E-state index in [2.05, 4.69) is 10.6 Å². The third-order valence-electron chi connectivity index (χ3n) is 4.41. The van der Waals surface area contributed by atoms with Gasteiger partial charge in [-0.3, -0.25) is 9.59 Å². The fourth-order valence-corrected chi connectivity index (χ4v) is 2.52. The van der Waals surface area contributed by atoms with Crippen molar-refractivity contribution in [1.82, 2.24) is 10.6 Å². The van der Waals surface area contributed by atoms with Gasteiger partial charge in [0.05, 0.1) is 0 Å². The van der Waals surface area contributed by atoms with Gasteiger partial charge in [0.2, 0.25) is 5.91 Å². The molecule has 0 unspecified atom stereocenters. The van der Waals surface area contributed by atoms with E-state index in [0.717, 1.165) is 12.0 Å². The number of aryl methyl sites for hydroxylation is 1. The Bertz CT molecular complexity index is 696. The first-order valence-electron chi connectivity index (χ1n) is 8.70. The lowest BCUT2D eigenvalue weighted by atomic mass is 9.97. The van der Waals surface area contributed by atoms with Crippen molar-refractivity contribution in [3.63, 3.8) is 0 Å². The minimum absolute atomic E-state index is 0.0469. The van der Waals surface area contributed by atoms with Crippen molar-refractivity contribution in [3.8, 4) is 0 Å². The molecule has 2 rings (SSSR count). The molecule has 0 aliphatic rings. The number of rotatable bonds is 7. The normalized spacial score (nSPS) is 12.9. The maximum Gasteiger partial charge on any atom is 0.251 e. The number of amides is 2. The zero-order chi connectivity index (χ0) is 18.2. The average molecular weight is 338 g/mol. The second-order valence-electron chi connectivity index (χ2n) is 6.41. The quantitative estimate of drug-likeness (QED) is 0.812. The van der Waals surface area contributed by atoms with Crippen molar-refractivity contribution in [2.45, 2.75) is 39.8 Å². The van der Waals surface area contributed by atoms with E-state index in [1.165, 1.54) is 5.56 Å². The molecular weight excluding hydrogens is 312 g/mol. The summed E-state index contributed by atoms with van der Waals surface area (Å²) in [6.45, 7) is 6.47. The molecule has 2 amide bonds. The summed E-state index contributed by atoms with van der Waals surface area (Å²) in [5, 5.41) is 5.82. The van der Waals surface area contributed by atoms with Crippen LogP contribution in [0.2, 0.25) is 0 Å². The molecule has 0 aromatic heterocycles. The molecule has 0 aliphatic carbocycles. The Kier molecular flexibility index (Phi) is 6.75. The lowest BCUT2D eigenvalue weighted by Gasteiger charge is -2.23. The van der Waals surface area contributed by atoms with Gasteiger partial charge in [0.25, 0.3) is 5.91 Å². The maximum absolute atomic E-state index is 12.6. The number of hydrogen-bond acceptors (Lipinski definition) is 2. The number of carbonyl (C=O) groups is 2. The highest BCUT2D eigenvalue weighted by Gasteiger charge is 2.26. The van der Waals surface area contributed by atoms with Crippen LogP contribution in [-0.2, 0) is 11.3 Å². The average Bonchev–Trinajstić information content (AvgIpc) is 2.65. The highest BCUT2D eigenvalue weighted by Crippen LogP contribution is 2.10. The van der Waals surface area contributed by atoms with E-state index in [1.54, 1.807) is 12.1 Å². The first-order valence-corrected chi connectivity index (χ1v) is 8.70. The van der Waals surface area contributed by atoms with Crippen LogP contribution in [0.25, 0.3) is 0 Å². The summed E-state index contributed by atoms with van der Waals surface area (Å²) < 4.78 is 0. The predicted molar refractivity (Wildman–Crippen MR) is 100 cm³/mol. The van der Waals surface area contributed by atoms with Gasteiger partial charge < -0.3 is 10.6 Å². The monoisotopic (exact) mass is 338 g/mol. The summed E-state index contributed by atoms with van der Waals surface area (Å²) in [6.07, 6.45) is 0.803. The summed E-state index contributed by atoms with van der Waals surface area (Å²) in [5.41, 5.74) is 2.78. The molecule has 0 fully saturated rings. The lowest BCUT2D eigenvalue weighted by molar-refractivity contribution is -0.124. The van der Waals surface area contributed by atoms with Crippen LogP contribution in [0.5, 0.6) is 0 Å². The van der Waals surface area contributed by atoms with Crippen LogP contribution in [0, 0.1) is 12.8 Å². The largest absolute Gasteiger partial charge is 0.350 e. The number of nitrogens with one attached hydrogen (secondary N) is 2. The fourth-order valence-electron chi connectivity index (χ4n) is 2.52. The number of hydrogen-bond donors (Lipinski definition) is 2. The molecule has 0 aliphatic heterocycles. The van der Waals surface area contributed by atoms with Gasteiger partial charge in [0.15, 0.2) is 0 Å². The molecule has 4 nitrogen and oxygen atoms in total. The summed E-state index contributed by atoms with van der Waals surface area (Å²) in [7, 11) is 0. The Morgan fingerprint density at radius 3 is 2.24 bits per heavy atom. The van der Waals surface area contributed by atoms with Gasteiger partial charge in [0, 0.05) is 12.1 Å². The van der Waals surface area contributed by atoms with Gasteiger partial charge >= 0.3 is 0 Å². The summed E-state index contributed by atoms with van der Waals surface area (Å²) in [5.74, 6) is -0.332. The zero-order valence-electron chi connectivity index (χ0n) is 15.1. The second-order valence-corrected chi connectivity index (χ2v) is 6.41. The minimum Gasteiger partial charge on any atom is -0.350 e. The van der Waals surface area contributed by atoms with E-state index in [0.29, 0.717) is 12.1 Å². The van der Waals surface area contributed by atoms with E-state index in [-0.39, 0.29) is 17.7 Å². The van der Waals surface area contributed by atoms with E-state index in [9.17, 15) is 9.59 Å². The smallest absolute Gasteiger partial charge is 0.251 e. The molecule has 0 saturated heterocycles. The standard InChI is InChI=1S/C21H26N2O2/c1-4-16(3)19(23-20(24)18-8-6-5-7-9-18)21(25)22-14-17-12-10-15(2)11-13-17/h5-13,16,19H,4,14H2,1-3H3,(H,22,25)(H,23,24)/t16-,19-/m0/s1. The summed E-state index contributed by atoms with van der Waals surface area (Å²) in [4.78, 5) is 25.0. The van der Waals surface area contributed by atoms with Crippen LogP contribution in [0.1, 0.15) is 41.8 Å². The molecule has 25 heavy (non-hydrogen) atoms. The van der Waals surface area contributed by atoms with Gasteiger partial charge in [0.1, 0.15) is 6.04 Å². The van der Waals surface area contributed by atoms with Crippen molar-refractivity contribution in [2.24, 2.45) is 5.92 Å². The Labute approximate surface area is 149 Å². The van der Waals surface area contributed by atoms with Crippen LogP contribution >= 0.6 is 0 Å². The van der Waals surface area contributed by atoms with Crippen LogP contribution < -0.4 is 10.6 Å². The second kappa shape index (κ2) is 9.02. The molecule has 4 heteroatoms. The molecule has 2 atom stereocenters. The minimum atomic E-state index is -0.553. The molecule has 0 bridgehead atoms. The van der Waals surface area contributed by atoms with Gasteiger partial charge in [-0.25, -0.2) is 0 Å². The van der Waals surface area contributed by atoms with Crippen molar-refractivity contribution in [1.29, 1.82) is 0 Å². The first kappa shape index (κ1) is 18.7. The highest BCUT2D eigenvalue weighted by atomic mass is 16.2. The topological polar surface area (TPSA) is 58.2 Å². The Morgan fingerprint density at radius 2 is 1.64 bits per heavy atom. The SMILES string of the molecule is CC[C@H](C)[C@H](NC(=O)c1ccccc1)C(=O)NCc1ccc(C)cc1. The van der Waals surface area contributed by atoms with Gasteiger partial charge in [-0.15, -0.1) is 0 Å². The molecule has 132 valence electrons. The molecule has 2 aromatic carbocycles.